The molecule has 4 aromatic rings. The van der Waals surface area contributed by atoms with Gasteiger partial charge in [-0.05, 0) is 35.9 Å². The van der Waals surface area contributed by atoms with E-state index in [4.69, 9.17) is 11.6 Å². The zero-order chi connectivity index (χ0) is 23.6. The smallest absolute Gasteiger partial charge is 0.369 e. The SMILES string of the molecule is O=C(NCc1ccc(C(O)Nc2ccc(Cl)c(C(F)(F)F)c2)cc1)c1cnn2ccccc12. The van der Waals surface area contributed by atoms with E-state index < -0.39 is 23.0 Å². The van der Waals surface area contributed by atoms with Crippen molar-refractivity contribution in [3.05, 3.63) is 100 Å². The summed E-state index contributed by atoms with van der Waals surface area (Å²) in [6.45, 7) is 0.249. The average molecular weight is 475 g/mol. The van der Waals surface area contributed by atoms with Crippen LogP contribution in [0.25, 0.3) is 5.52 Å². The maximum absolute atomic E-state index is 13.0. The molecule has 4 rings (SSSR count). The molecule has 0 spiro atoms. The van der Waals surface area contributed by atoms with Gasteiger partial charge >= 0.3 is 6.18 Å². The second-order valence-electron chi connectivity index (χ2n) is 7.25. The highest BCUT2D eigenvalue weighted by Crippen LogP contribution is 2.36. The highest BCUT2D eigenvalue weighted by Gasteiger charge is 2.33. The summed E-state index contributed by atoms with van der Waals surface area (Å²) in [5, 5.41) is 19.5. The fourth-order valence-electron chi connectivity index (χ4n) is 3.28. The fraction of sp³-hybridized carbons (Fsp3) is 0.130. The highest BCUT2D eigenvalue weighted by molar-refractivity contribution is 6.31. The predicted molar refractivity (Wildman–Crippen MR) is 118 cm³/mol. The van der Waals surface area contributed by atoms with Gasteiger partial charge in [0.25, 0.3) is 5.91 Å². The molecule has 10 heteroatoms. The van der Waals surface area contributed by atoms with Crippen LogP contribution in [0, 0.1) is 0 Å². The molecule has 170 valence electrons. The molecule has 2 aromatic heterocycles. The van der Waals surface area contributed by atoms with E-state index in [1.807, 2.05) is 12.1 Å². The molecule has 33 heavy (non-hydrogen) atoms. The first-order valence-corrected chi connectivity index (χ1v) is 10.2. The molecule has 2 heterocycles. The van der Waals surface area contributed by atoms with Crippen molar-refractivity contribution >= 4 is 28.7 Å². The number of carbonyl (C=O) groups is 1. The standard InChI is InChI=1S/C23H18ClF3N4O2/c24-19-9-8-16(11-18(19)23(25,26)27)30-21(32)15-6-4-14(5-7-15)12-28-22(33)17-13-29-31-10-2-1-3-20(17)31/h1-11,13,21,30,32H,12H2,(H,28,33). The first kappa shape index (κ1) is 22.6. The molecule has 0 saturated carbocycles. The average Bonchev–Trinajstić information content (AvgIpc) is 3.22. The number of pyridine rings is 1. The number of amides is 1. The van der Waals surface area contributed by atoms with Crippen molar-refractivity contribution in [2.24, 2.45) is 0 Å². The van der Waals surface area contributed by atoms with Crippen molar-refractivity contribution in [1.82, 2.24) is 14.9 Å². The summed E-state index contributed by atoms with van der Waals surface area (Å²) in [4.78, 5) is 12.5. The second-order valence-corrected chi connectivity index (χ2v) is 7.66. The number of halogens is 4. The molecule has 0 aliphatic carbocycles. The molecule has 0 aliphatic rings. The van der Waals surface area contributed by atoms with Gasteiger partial charge in [0.1, 0.15) is 0 Å². The van der Waals surface area contributed by atoms with Gasteiger partial charge < -0.3 is 15.7 Å². The van der Waals surface area contributed by atoms with Gasteiger partial charge in [-0.1, -0.05) is 41.9 Å². The number of alkyl halides is 3. The fourth-order valence-corrected chi connectivity index (χ4v) is 3.50. The Bertz CT molecular complexity index is 1290. The van der Waals surface area contributed by atoms with Gasteiger partial charge in [-0.2, -0.15) is 18.3 Å². The van der Waals surface area contributed by atoms with E-state index in [-0.39, 0.29) is 18.1 Å². The van der Waals surface area contributed by atoms with E-state index in [1.54, 1.807) is 41.0 Å². The third-order valence-corrected chi connectivity index (χ3v) is 5.32. The number of carbonyl (C=O) groups excluding carboxylic acids is 1. The van der Waals surface area contributed by atoms with Gasteiger partial charge in [0, 0.05) is 24.0 Å². The molecule has 3 N–H and O–H groups in total. The minimum absolute atomic E-state index is 0.0731. The van der Waals surface area contributed by atoms with Crippen LogP contribution in [0.4, 0.5) is 18.9 Å². The Morgan fingerprint density at radius 3 is 2.61 bits per heavy atom. The number of fused-ring (bicyclic) bond motifs is 1. The lowest BCUT2D eigenvalue weighted by atomic mass is 10.1. The molecule has 0 aliphatic heterocycles. The number of hydrogen-bond donors (Lipinski definition) is 3. The molecule has 0 saturated heterocycles. The number of anilines is 1. The molecule has 1 unspecified atom stereocenters. The van der Waals surface area contributed by atoms with Crippen molar-refractivity contribution in [3.8, 4) is 0 Å². The van der Waals surface area contributed by atoms with Crippen LogP contribution in [-0.4, -0.2) is 20.6 Å². The summed E-state index contributed by atoms with van der Waals surface area (Å²) in [5.41, 5.74) is 1.45. The highest BCUT2D eigenvalue weighted by atomic mass is 35.5. The van der Waals surface area contributed by atoms with Crippen molar-refractivity contribution in [2.45, 2.75) is 18.9 Å². The lowest BCUT2D eigenvalue weighted by Gasteiger charge is -2.17. The Balaban J connectivity index is 1.38. The topological polar surface area (TPSA) is 78.7 Å². The lowest BCUT2D eigenvalue weighted by Crippen LogP contribution is -2.22. The summed E-state index contributed by atoms with van der Waals surface area (Å²) in [6, 6.07) is 15.4. The summed E-state index contributed by atoms with van der Waals surface area (Å²) in [5.74, 6) is -0.273. The van der Waals surface area contributed by atoms with E-state index in [2.05, 4.69) is 15.7 Å². The monoisotopic (exact) mass is 474 g/mol. The predicted octanol–water partition coefficient (Wildman–Crippen LogP) is 5.04. The quantitative estimate of drug-likeness (QED) is 0.342. The maximum Gasteiger partial charge on any atom is 0.417 e. The van der Waals surface area contributed by atoms with Gasteiger partial charge in [0.2, 0.25) is 0 Å². The van der Waals surface area contributed by atoms with Crippen LogP contribution in [0.2, 0.25) is 5.02 Å². The maximum atomic E-state index is 13.0. The molecule has 6 nitrogen and oxygen atoms in total. The van der Waals surface area contributed by atoms with Gasteiger partial charge in [0.15, 0.2) is 6.23 Å². The number of aliphatic hydroxyl groups is 1. The second kappa shape index (κ2) is 9.13. The Hall–Kier alpha value is -3.56. The summed E-state index contributed by atoms with van der Waals surface area (Å²) in [6.07, 6.45) is -2.60. The third-order valence-electron chi connectivity index (χ3n) is 4.99. The van der Waals surface area contributed by atoms with E-state index in [9.17, 15) is 23.1 Å². The van der Waals surface area contributed by atoms with Crippen molar-refractivity contribution in [1.29, 1.82) is 0 Å². The van der Waals surface area contributed by atoms with Crippen molar-refractivity contribution in [3.63, 3.8) is 0 Å². The third kappa shape index (κ3) is 5.10. The molecule has 0 radical (unpaired) electrons. The van der Waals surface area contributed by atoms with Crippen LogP contribution in [0.3, 0.4) is 0 Å². The molecule has 1 atom stereocenters. The minimum Gasteiger partial charge on any atom is -0.369 e. The number of benzene rings is 2. The summed E-state index contributed by atoms with van der Waals surface area (Å²) >= 11 is 5.62. The number of nitrogens with zero attached hydrogens (tertiary/aromatic N) is 2. The van der Waals surface area contributed by atoms with E-state index in [0.717, 1.165) is 17.7 Å². The zero-order valence-electron chi connectivity index (χ0n) is 17.0. The Kier molecular flexibility index (Phi) is 6.26. The van der Waals surface area contributed by atoms with Crippen LogP contribution >= 0.6 is 11.6 Å². The molecule has 0 fully saturated rings. The van der Waals surface area contributed by atoms with Gasteiger partial charge in [-0.25, -0.2) is 4.52 Å². The van der Waals surface area contributed by atoms with Crippen LogP contribution in [0.1, 0.15) is 33.3 Å². The Morgan fingerprint density at radius 1 is 1.12 bits per heavy atom. The van der Waals surface area contributed by atoms with Gasteiger partial charge in [0.05, 0.1) is 27.9 Å². The first-order chi connectivity index (χ1) is 15.7. The van der Waals surface area contributed by atoms with E-state index in [0.29, 0.717) is 16.6 Å². The van der Waals surface area contributed by atoms with Crippen LogP contribution in [0.15, 0.2) is 73.1 Å². The van der Waals surface area contributed by atoms with Crippen LogP contribution in [-0.2, 0) is 12.7 Å². The molecular formula is C23H18ClF3N4O2. The number of aliphatic hydroxyl groups excluding tert-OH is 1. The largest absolute Gasteiger partial charge is 0.417 e. The summed E-state index contributed by atoms with van der Waals surface area (Å²) < 4.78 is 40.7. The van der Waals surface area contributed by atoms with Gasteiger partial charge in [-0.3, -0.25) is 4.79 Å². The Morgan fingerprint density at radius 2 is 1.88 bits per heavy atom. The van der Waals surface area contributed by atoms with Gasteiger partial charge in [-0.15, -0.1) is 0 Å². The van der Waals surface area contributed by atoms with Crippen LogP contribution < -0.4 is 10.6 Å². The summed E-state index contributed by atoms with van der Waals surface area (Å²) in [7, 11) is 0. The molecule has 0 bridgehead atoms. The lowest BCUT2D eigenvalue weighted by molar-refractivity contribution is -0.137. The molecular weight excluding hydrogens is 457 g/mol. The van der Waals surface area contributed by atoms with Crippen molar-refractivity contribution < 1.29 is 23.1 Å². The zero-order valence-corrected chi connectivity index (χ0v) is 17.7. The first-order valence-electron chi connectivity index (χ1n) is 9.83. The number of rotatable bonds is 6. The number of hydrogen-bond acceptors (Lipinski definition) is 4. The number of aromatic nitrogens is 2. The van der Waals surface area contributed by atoms with E-state index in [1.165, 1.54) is 12.3 Å². The number of nitrogens with one attached hydrogen (secondary N) is 2. The van der Waals surface area contributed by atoms with Crippen LogP contribution in [0.5, 0.6) is 0 Å². The molecule has 1 amide bonds. The normalized spacial score (nSPS) is 12.5. The minimum atomic E-state index is -4.60. The van der Waals surface area contributed by atoms with E-state index >= 15 is 0 Å². The Labute approximate surface area is 191 Å². The van der Waals surface area contributed by atoms with Crippen molar-refractivity contribution in [2.75, 3.05) is 5.32 Å². The molecule has 2 aromatic carbocycles.